The van der Waals surface area contributed by atoms with Crippen molar-refractivity contribution in [3.63, 3.8) is 0 Å². The molecule has 0 unspecified atom stereocenters. The molecule has 1 heterocycles. The average molecular weight is 1320 g/mol. The van der Waals surface area contributed by atoms with Gasteiger partial charge in [-0.05, 0) is 112 Å². The maximum atomic E-state index is 14.9. The SMILES string of the molecule is CC[C@H](C)[C@@H]1NC(=O)[C@H](CC(C)C)N(C)C(=O)C[C@@H](C)N(C)C(=O)[C@H](CC(C)C)NC(=O)C(C)(C)N(C)C(=O)[C@@H](CC(C)C)NC(=O)[C@H](CCc2ccc(C(F)(F)F)c(F)c2)NC(=O)CN(C)C(=O)[C@H](Cc2ccc(Cl)cc2)N(C)C(=O)CN(C)C(=O)CN(C)C1=O. The van der Waals surface area contributed by atoms with E-state index in [0.717, 1.165) is 30.6 Å². The number of rotatable bonds is 13. The Bertz CT molecular complexity index is 2950. The van der Waals surface area contributed by atoms with Crippen LogP contribution in [0, 0.1) is 29.5 Å². The normalized spacial score (nSPS) is 23.5. The minimum absolute atomic E-state index is 0.0132. The zero-order valence-electron chi connectivity index (χ0n) is 56.7. The molecule has 0 bridgehead atoms. The van der Waals surface area contributed by atoms with Crippen LogP contribution in [0.4, 0.5) is 17.6 Å². The van der Waals surface area contributed by atoms with Gasteiger partial charge in [0.15, 0.2) is 0 Å². The van der Waals surface area contributed by atoms with E-state index in [1.54, 1.807) is 52.0 Å². The number of nitrogens with one attached hydrogen (secondary N) is 4. The molecule has 0 radical (unpaired) electrons. The summed E-state index contributed by atoms with van der Waals surface area (Å²) in [5.74, 6) is -10.7. The van der Waals surface area contributed by atoms with Crippen LogP contribution in [0.5, 0.6) is 0 Å². The van der Waals surface area contributed by atoms with E-state index in [9.17, 15) is 70.3 Å². The van der Waals surface area contributed by atoms with E-state index in [4.69, 9.17) is 11.6 Å². The quantitative estimate of drug-likeness (QED) is 0.187. The zero-order valence-corrected chi connectivity index (χ0v) is 57.4. The summed E-state index contributed by atoms with van der Waals surface area (Å²) in [6.07, 6.45) is -5.40. The summed E-state index contributed by atoms with van der Waals surface area (Å²) < 4.78 is 55.7. The van der Waals surface area contributed by atoms with Crippen molar-refractivity contribution in [2.45, 2.75) is 182 Å². The number of carbonyl (C=O) groups excluding carboxylic acids is 11. The van der Waals surface area contributed by atoms with Crippen molar-refractivity contribution in [1.82, 2.24) is 55.6 Å². The number of benzene rings is 2. The molecule has 1 aliphatic heterocycles. The van der Waals surface area contributed by atoms with E-state index in [2.05, 4.69) is 21.3 Å². The van der Waals surface area contributed by atoms with Crippen molar-refractivity contribution < 1.29 is 70.3 Å². The Balaban J connectivity index is 2.24. The van der Waals surface area contributed by atoms with Gasteiger partial charge in [0.2, 0.25) is 65.0 Å². The fourth-order valence-corrected chi connectivity index (χ4v) is 10.5. The third-order valence-electron chi connectivity index (χ3n) is 17.0. The molecule has 1 aliphatic rings. The van der Waals surface area contributed by atoms with Gasteiger partial charge in [-0.15, -0.1) is 0 Å². The Labute approximate surface area is 544 Å². The smallest absolute Gasteiger partial charge is 0.343 e. The molecule has 4 N–H and O–H groups in total. The summed E-state index contributed by atoms with van der Waals surface area (Å²) in [6, 6.07) is -0.0137. The molecule has 514 valence electrons. The van der Waals surface area contributed by atoms with Gasteiger partial charge in [0.25, 0.3) is 0 Å². The average Bonchev–Trinajstić information content (AvgIpc) is 3.63. The van der Waals surface area contributed by atoms with Crippen LogP contribution < -0.4 is 21.3 Å². The number of nitrogens with zero attached hydrogens (tertiary/aromatic N) is 7. The maximum absolute atomic E-state index is 14.9. The molecular formula is C65H98ClF4N11O11. The predicted octanol–water partition coefficient (Wildman–Crippen LogP) is 5.31. The molecule has 0 aromatic heterocycles. The van der Waals surface area contributed by atoms with Gasteiger partial charge in [0, 0.05) is 73.2 Å². The lowest BCUT2D eigenvalue weighted by molar-refractivity contribution is -0.149. The van der Waals surface area contributed by atoms with Crippen LogP contribution >= 0.6 is 11.6 Å². The van der Waals surface area contributed by atoms with Crippen molar-refractivity contribution in [1.29, 1.82) is 0 Å². The molecule has 8 atom stereocenters. The van der Waals surface area contributed by atoms with Crippen molar-refractivity contribution in [3.8, 4) is 0 Å². The second-order valence-corrected chi connectivity index (χ2v) is 26.7. The van der Waals surface area contributed by atoms with E-state index < -0.39 is 156 Å². The van der Waals surface area contributed by atoms with Gasteiger partial charge in [0.1, 0.15) is 47.6 Å². The minimum atomic E-state index is -5.02. The zero-order chi connectivity index (χ0) is 70.2. The van der Waals surface area contributed by atoms with Crippen molar-refractivity contribution in [2.75, 3.05) is 69.0 Å². The standard InChI is InChI=1S/C65H98ClF4N11O11/c1-19-40(8)56-62(91)77(14)35-54(84)75(12)36-55(85)80(17)51(33-43-20-24-44(66)25-21-43)61(90)76(13)34-52(82)71-47(27-23-42-22-26-45(46(67)32-42)65(68,69)70)57(86)72-49(29-38(4)5)60(89)81(18)64(10,11)63(92)73-48(28-37(2)3)59(88)78(15)41(9)31-53(83)79(16)50(30-39(6)7)58(87)74-56/h20-22,24-26,32,37-41,47-51,56H,19,23,27-31,33-36H2,1-18H3,(H,71,82)(H,72,86)(H,73,92)(H,74,87)/t40-,41+,47-,48-,49+,50-,51-,56-/m0/s1. The highest BCUT2D eigenvalue weighted by Gasteiger charge is 2.43. The van der Waals surface area contributed by atoms with Crippen LogP contribution in [-0.4, -0.2) is 216 Å². The Morgan fingerprint density at radius 3 is 1.63 bits per heavy atom. The third kappa shape index (κ3) is 22.4. The first-order valence-electron chi connectivity index (χ1n) is 31.1. The number of amides is 11. The van der Waals surface area contributed by atoms with Crippen molar-refractivity contribution in [2.24, 2.45) is 23.7 Å². The fourth-order valence-electron chi connectivity index (χ4n) is 10.4. The molecule has 22 nitrogen and oxygen atoms in total. The second-order valence-electron chi connectivity index (χ2n) is 26.3. The van der Waals surface area contributed by atoms with Gasteiger partial charge in [-0.25, -0.2) is 4.39 Å². The lowest BCUT2D eigenvalue weighted by atomic mass is 9.95. The number of hydrogen-bond acceptors (Lipinski definition) is 11. The Kier molecular flexibility index (Phi) is 29.6. The number of likely N-dealkylation sites (N-methyl/N-ethyl adjacent to an activating group) is 7. The first kappa shape index (κ1) is 78.9. The molecule has 1 saturated heterocycles. The van der Waals surface area contributed by atoms with Crippen LogP contribution in [0.25, 0.3) is 0 Å². The molecule has 3 rings (SSSR count). The topological polar surface area (TPSA) is 259 Å². The number of carbonyl (C=O) groups is 11. The van der Waals surface area contributed by atoms with Gasteiger partial charge in [-0.3, -0.25) is 52.7 Å². The summed E-state index contributed by atoms with van der Waals surface area (Å²) in [7, 11) is 9.52. The van der Waals surface area contributed by atoms with Crippen LogP contribution in [0.3, 0.4) is 0 Å². The van der Waals surface area contributed by atoms with Crippen LogP contribution in [0.1, 0.15) is 131 Å². The number of halogens is 5. The third-order valence-corrected chi connectivity index (χ3v) is 17.2. The summed E-state index contributed by atoms with van der Waals surface area (Å²) >= 11 is 6.19. The fraction of sp³-hybridized carbons (Fsp3) is 0.646. The summed E-state index contributed by atoms with van der Waals surface area (Å²) in [6.45, 7) is 17.1. The number of alkyl halides is 3. The molecule has 2 aromatic carbocycles. The highest BCUT2D eigenvalue weighted by Crippen LogP contribution is 2.32. The van der Waals surface area contributed by atoms with Gasteiger partial charge in [-0.2, -0.15) is 13.2 Å². The van der Waals surface area contributed by atoms with E-state index >= 15 is 0 Å². The van der Waals surface area contributed by atoms with Crippen LogP contribution in [0.2, 0.25) is 5.02 Å². The Morgan fingerprint density at radius 1 is 0.576 bits per heavy atom. The van der Waals surface area contributed by atoms with E-state index in [-0.39, 0.29) is 68.3 Å². The molecule has 2 aromatic rings. The lowest BCUT2D eigenvalue weighted by Gasteiger charge is -2.39. The van der Waals surface area contributed by atoms with Crippen LogP contribution in [0.15, 0.2) is 42.5 Å². The monoisotopic (exact) mass is 1320 g/mol. The van der Waals surface area contributed by atoms with Gasteiger partial charge >= 0.3 is 6.18 Å². The minimum Gasteiger partial charge on any atom is -0.343 e. The highest BCUT2D eigenvalue weighted by molar-refractivity contribution is 6.30. The largest absolute Gasteiger partial charge is 0.419 e. The van der Waals surface area contributed by atoms with Crippen molar-refractivity contribution in [3.05, 3.63) is 70.0 Å². The number of aryl methyl sites for hydroxylation is 1. The molecule has 11 amide bonds. The molecule has 1 fully saturated rings. The first-order valence-corrected chi connectivity index (χ1v) is 31.5. The molecule has 92 heavy (non-hydrogen) atoms. The predicted molar refractivity (Wildman–Crippen MR) is 340 cm³/mol. The molecular weight excluding hydrogens is 1220 g/mol. The Morgan fingerprint density at radius 2 is 1.10 bits per heavy atom. The van der Waals surface area contributed by atoms with Gasteiger partial charge in [0.05, 0.1) is 25.2 Å². The van der Waals surface area contributed by atoms with Gasteiger partial charge in [-0.1, -0.05) is 91.6 Å². The molecule has 27 heteroatoms. The van der Waals surface area contributed by atoms with Crippen LogP contribution in [-0.2, 0) is 71.8 Å². The van der Waals surface area contributed by atoms with E-state index in [0.29, 0.717) is 29.1 Å². The summed E-state index contributed by atoms with van der Waals surface area (Å²) in [5.41, 5.74) is -2.72. The van der Waals surface area contributed by atoms with E-state index in [1.165, 1.54) is 73.0 Å². The maximum Gasteiger partial charge on any atom is 0.419 e. The van der Waals surface area contributed by atoms with Gasteiger partial charge < -0.3 is 55.6 Å². The van der Waals surface area contributed by atoms with Crippen molar-refractivity contribution >= 4 is 76.6 Å². The number of hydrogen-bond donors (Lipinski definition) is 4. The summed E-state index contributed by atoms with van der Waals surface area (Å²) in [5, 5.41) is 11.3. The molecule has 0 aliphatic carbocycles. The van der Waals surface area contributed by atoms with E-state index in [1.807, 2.05) is 34.6 Å². The lowest BCUT2D eigenvalue weighted by Crippen LogP contribution is -2.63. The molecule has 0 spiro atoms. The first-order chi connectivity index (χ1) is 42.5. The highest BCUT2D eigenvalue weighted by atomic mass is 35.5. The second kappa shape index (κ2) is 34.5. The summed E-state index contributed by atoms with van der Waals surface area (Å²) in [4.78, 5) is 166. The molecule has 0 saturated carbocycles. The Hall–Kier alpha value is -7.38.